The molecule has 0 aliphatic heterocycles. The van der Waals surface area contributed by atoms with E-state index in [0.29, 0.717) is 16.8 Å². The molecule has 1 amide bonds. The molecule has 3 rings (SSSR count). The van der Waals surface area contributed by atoms with Crippen LogP contribution in [0.2, 0.25) is 5.02 Å². The highest BCUT2D eigenvalue weighted by Crippen LogP contribution is 2.26. The van der Waals surface area contributed by atoms with Crippen molar-refractivity contribution in [1.29, 1.82) is 0 Å². The number of carbonyl (C=O) groups is 1. The van der Waals surface area contributed by atoms with Gasteiger partial charge in [0.2, 0.25) is 5.91 Å². The van der Waals surface area contributed by atoms with Crippen molar-refractivity contribution >= 4 is 40.1 Å². The van der Waals surface area contributed by atoms with Crippen molar-refractivity contribution in [2.75, 3.05) is 11.9 Å². The molecular formula is C21H19ClN2O2S. The van der Waals surface area contributed by atoms with Crippen LogP contribution in [0.5, 0.6) is 5.75 Å². The Morgan fingerprint density at radius 2 is 2.00 bits per heavy atom. The summed E-state index contributed by atoms with van der Waals surface area (Å²) >= 11 is 7.46. The maximum atomic E-state index is 12.1. The van der Waals surface area contributed by atoms with Gasteiger partial charge in [-0.1, -0.05) is 36.7 Å². The minimum absolute atomic E-state index is 0.251. The smallest absolute Gasteiger partial charge is 0.250 e. The van der Waals surface area contributed by atoms with Crippen molar-refractivity contribution in [1.82, 2.24) is 4.98 Å². The van der Waals surface area contributed by atoms with Crippen molar-refractivity contribution in [3.63, 3.8) is 0 Å². The Morgan fingerprint density at radius 3 is 2.74 bits per heavy atom. The van der Waals surface area contributed by atoms with Gasteiger partial charge in [-0.05, 0) is 48.4 Å². The highest BCUT2D eigenvalue weighted by Gasteiger charge is 2.07. The normalized spacial score (nSPS) is 10.9. The number of rotatable bonds is 7. The fourth-order valence-corrected chi connectivity index (χ4v) is 3.25. The van der Waals surface area contributed by atoms with Crippen LogP contribution in [0.25, 0.3) is 17.3 Å². The molecule has 0 spiro atoms. The van der Waals surface area contributed by atoms with E-state index in [4.69, 9.17) is 16.3 Å². The van der Waals surface area contributed by atoms with Gasteiger partial charge < -0.3 is 4.74 Å². The molecule has 0 unspecified atom stereocenters. The molecule has 0 saturated carbocycles. The minimum atomic E-state index is -0.251. The van der Waals surface area contributed by atoms with Gasteiger partial charge in [0.05, 0.1) is 12.3 Å². The zero-order valence-electron chi connectivity index (χ0n) is 14.8. The monoisotopic (exact) mass is 398 g/mol. The number of ether oxygens (including phenoxy) is 1. The first-order chi connectivity index (χ1) is 13.2. The molecule has 1 heterocycles. The van der Waals surface area contributed by atoms with E-state index in [9.17, 15) is 4.79 Å². The topological polar surface area (TPSA) is 51.2 Å². The molecular weight excluding hydrogens is 380 g/mol. The van der Waals surface area contributed by atoms with E-state index in [1.54, 1.807) is 12.1 Å². The Kier molecular flexibility index (Phi) is 6.63. The number of aromatic nitrogens is 1. The van der Waals surface area contributed by atoms with Gasteiger partial charge in [-0.25, -0.2) is 4.98 Å². The van der Waals surface area contributed by atoms with Gasteiger partial charge in [0, 0.05) is 22.0 Å². The Labute approximate surface area is 167 Å². The first kappa shape index (κ1) is 19.1. The van der Waals surface area contributed by atoms with Gasteiger partial charge in [0.15, 0.2) is 5.13 Å². The van der Waals surface area contributed by atoms with Crippen LogP contribution in [0, 0.1) is 0 Å². The third kappa shape index (κ3) is 5.42. The van der Waals surface area contributed by atoms with E-state index in [-0.39, 0.29) is 5.91 Å². The molecule has 0 aliphatic rings. The quantitative estimate of drug-likeness (QED) is 0.504. The summed E-state index contributed by atoms with van der Waals surface area (Å²) < 4.78 is 5.58. The number of hydrogen-bond acceptors (Lipinski definition) is 4. The second-order valence-corrected chi connectivity index (χ2v) is 7.02. The Bertz CT molecular complexity index is 935. The SMILES string of the molecule is CCCOc1ccc(-c2csc(NC(=O)/C=C/c3ccccc3Cl)n2)cc1. The van der Waals surface area contributed by atoms with Crippen LogP contribution in [0.3, 0.4) is 0 Å². The number of nitrogens with zero attached hydrogens (tertiary/aromatic N) is 1. The van der Waals surface area contributed by atoms with Gasteiger partial charge >= 0.3 is 0 Å². The average Bonchev–Trinajstić information content (AvgIpc) is 3.14. The Hall–Kier alpha value is -2.63. The van der Waals surface area contributed by atoms with Crippen molar-refractivity contribution in [3.05, 3.63) is 70.6 Å². The van der Waals surface area contributed by atoms with Gasteiger partial charge in [0.1, 0.15) is 5.75 Å². The summed E-state index contributed by atoms with van der Waals surface area (Å²) in [6.07, 6.45) is 4.10. The van der Waals surface area contributed by atoms with E-state index in [1.165, 1.54) is 17.4 Å². The second kappa shape index (κ2) is 9.35. The number of carbonyl (C=O) groups excluding carboxylic acids is 1. The number of halogens is 1. The first-order valence-electron chi connectivity index (χ1n) is 8.58. The zero-order chi connectivity index (χ0) is 19.1. The fourth-order valence-electron chi connectivity index (χ4n) is 2.33. The van der Waals surface area contributed by atoms with Gasteiger partial charge in [-0.3, -0.25) is 10.1 Å². The van der Waals surface area contributed by atoms with Crippen LogP contribution in [0.15, 0.2) is 60.0 Å². The van der Waals surface area contributed by atoms with Gasteiger partial charge in [-0.15, -0.1) is 11.3 Å². The molecule has 0 atom stereocenters. The van der Waals surface area contributed by atoms with Crippen LogP contribution in [-0.4, -0.2) is 17.5 Å². The highest BCUT2D eigenvalue weighted by molar-refractivity contribution is 7.14. The maximum Gasteiger partial charge on any atom is 0.250 e. The third-order valence-electron chi connectivity index (χ3n) is 3.68. The van der Waals surface area contributed by atoms with E-state index in [1.807, 2.05) is 47.8 Å². The van der Waals surface area contributed by atoms with Gasteiger partial charge in [-0.2, -0.15) is 0 Å². The van der Waals surface area contributed by atoms with Crippen molar-refractivity contribution < 1.29 is 9.53 Å². The summed E-state index contributed by atoms with van der Waals surface area (Å²) in [5.41, 5.74) is 2.58. The molecule has 0 fully saturated rings. The molecule has 4 nitrogen and oxygen atoms in total. The number of anilines is 1. The highest BCUT2D eigenvalue weighted by atomic mass is 35.5. The zero-order valence-corrected chi connectivity index (χ0v) is 16.4. The van der Waals surface area contributed by atoms with Crippen LogP contribution in [-0.2, 0) is 4.79 Å². The molecule has 3 aromatic rings. The van der Waals surface area contributed by atoms with E-state index < -0.39 is 0 Å². The summed E-state index contributed by atoms with van der Waals surface area (Å²) in [4.78, 5) is 16.6. The Morgan fingerprint density at radius 1 is 1.22 bits per heavy atom. The second-order valence-electron chi connectivity index (χ2n) is 5.75. The standard InChI is InChI=1S/C21H19ClN2O2S/c1-2-13-26-17-10-7-16(8-11-17)19-14-27-21(23-19)24-20(25)12-9-15-5-3-4-6-18(15)22/h3-12,14H,2,13H2,1H3,(H,23,24,25)/b12-9+. The van der Waals surface area contributed by atoms with E-state index in [2.05, 4.69) is 17.2 Å². The Balaban J connectivity index is 1.62. The molecule has 0 saturated heterocycles. The van der Waals surface area contributed by atoms with Crippen LogP contribution >= 0.6 is 22.9 Å². The third-order valence-corrected chi connectivity index (χ3v) is 4.78. The van der Waals surface area contributed by atoms with Gasteiger partial charge in [0.25, 0.3) is 0 Å². The number of amides is 1. The predicted octanol–water partition coefficient (Wildman–Crippen LogP) is 5.90. The van der Waals surface area contributed by atoms with E-state index >= 15 is 0 Å². The average molecular weight is 399 g/mol. The summed E-state index contributed by atoms with van der Waals surface area (Å²) in [5.74, 6) is 0.591. The van der Waals surface area contributed by atoms with E-state index in [0.717, 1.165) is 29.0 Å². The first-order valence-corrected chi connectivity index (χ1v) is 9.84. The van der Waals surface area contributed by atoms with Crippen molar-refractivity contribution in [2.45, 2.75) is 13.3 Å². The summed E-state index contributed by atoms with van der Waals surface area (Å²) in [6.45, 7) is 2.77. The largest absolute Gasteiger partial charge is 0.494 e. The van der Waals surface area contributed by atoms with Crippen molar-refractivity contribution in [2.24, 2.45) is 0 Å². The lowest BCUT2D eigenvalue weighted by Crippen LogP contribution is -2.07. The number of nitrogens with one attached hydrogen (secondary N) is 1. The molecule has 1 aromatic heterocycles. The molecule has 6 heteroatoms. The molecule has 138 valence electrons. The fraction of sp³-hybridized carbons (Fsp3) is 0.143. The predicted molar refractivity (Wildman–Crippen MR) is 112 cm³/mol. The number of benzene rings is 2. The summed E-state index contributed by atoms with van der Waals surface area (Å²) in [7, 11) is 0. The van der Waals surface area contributed by atoms with Crippen LogP contribution < -0.4 is 10.1 Å². The lowest BCUT2D eigenvalue weighted by molar-refractivity contribution is -0.111. The maximum absolute atomic E-state index is 12.1. The molecule has 2 aromatic carbocycles. The lowest BCUT2D eigenvalue weighted by atomic mass is 10.2. The lowest BCUT2D eigenvalue weighted by Gasteiger charge is -2.04. The molecule has 0 aliphatic carbocycles. The molecule has 0 radical (unpaired) electrons. The minimum Gasteiger partial charge on any atom is -0.494 e. The summed E-state index contributed by atoms with van der Waals surface area (Å²) in [5, 5.41) is 5.83. The van der Waals surface area contributed by atoms with Crippen molar-refractivity contribution in [3.8, 4) is 17.0 Å². The molecule has 27 heavy (non-hydrogen) atoms. The molecule has 1 N–H and O–H groups in total. The number of thiazole rings is 1. The summed E-state index contributed by atoms with van der Waals surface area (Å²) in [6, 6.07) is 15.1. The van der Waals surface area contributed by atoms with Crippen LogP contribution in [0.1, 0.15) is 18.9 Å². The molecule has 0 bridgehead atoms. The number of hydrogen-bond donors (Lipinski definition) is 1. The van der Waals surface area contributed by atoms with Crippen LogP contribution in [0.4, 0.5) is 5.13 Å².